The second-order valence-electron chi connectivity index (χ2n) is 5.52. The van der Waals surface area contributed by atoms with E-state index in [4.69, 9.17) is 10.5 Å². The quantitative estimate of drug-likeness (QED) is 0.550. The van der Waals surface area contributed by atoms with Crippen molar-refractivity contribution < 1.29 is 9.53 Å². The molecule has 0 bridgehead atoms. The van der Waals surface area contributed by atoms with E-state index in [2.05, 4.69) is 21.3 Å². The molecule has 1 fully saturated rings. The molecule has 3 atom stereocenters. The van der Waals surface area contributed by atoms with Gasteiger partial charge >= 0.3 is 6.03 Å². The van der Waals surface area contributed by atoms with Crippen molar-refractivity contribution in [1.82, 2.24) is 16.0 Å². The molecule has 7 nitrogen and oxygen atoms in total. The van der Waals surface area contributed by atoms with Crippen molar-refractivity contribution in [3.05, 3.63) is 29.8 Å². The van der Waals surface area contributed by atoms with Crippen LogP contribution in [0.1, 0.15) is 18.9 Å². The van der Waals surface area contributed by atoms with Crippen LogP contribution in [0.5, 0.6) is 0 Å². The largest absolute Gasteiger partial charge is 0.329 e. The molecule has 1 aliphatic rings. The number of urea groups is 1. The molecule has 0 aliphatic carbocycles. The maximum atomic E-state index is 12.0. The molecule has 0 saturated carbocycles. The Kier molecular flexibility index (Phi) is 6.14. The smallest absolute Gasteiger partial charge is 0.322 e. The molecule has 2 amide bonds. The average molecular weight is 307 g/mol. The molecule has 1 aromatic rings. The molecule has 122 valence electrons. The van der Waals surface area contributed by atoms with Crippen molar-refractivity contribution in [3.8, 4) is 0 Å². The first-order valence-corrected chi connectivity index (χ1v) is 7.56. The van der Waals surface area contributed by atoms with Gasteiger partial charge in [-0.1, -0.05) is 17.7 Å². The van der Waals surface area contributed by atoms with E-state index in [1.54, 1.807) is 0 Å². The molecule has 3 unspecified atom stereocenters. The first-order chi connectivity index (χ1) is 10.6. The normalized spacial score (nSPS) is 24.8. The summed E-state index contributed by atoms with van der Waals surface area (Å²) in [7, 11) is 0. The van der Waals surface area contributed by atoms with Crippen LogP contribution < -0.4 is 27.0 Å². The maximum Gasteiger partial charge on any atom is 0.322 e. The third kappa shape index (κ3) is 5.27. The second-order valence-corrected chi connectivity index (χ2v) is 5.52. The number of carbonyl (C=O) groups is 1. The summed E-state index contributed by atoms with van der Waals surface area (Å²) >= 11 is 0. The lowest BCUT2D eigenvalue weighted by atomic mass is 10.2. The zero-order valence-electron chi connectivity index (χ0n) is 13.1. The predicted molar refractivity (Wildman–Crippen MR) is 86.3 cm³/mol. The Morgan fingerprint density at radius 1 is 1.41 bits per heavy atom. The van der Waals surface area contributed by atoms with Crippen LogP contribution in [-0.4, -0.2) is 37.7 Å². The van der Waals surface area contributed by atoms with E-state index in [1.807, 2.05) is 38.1 Å². The summed E-state index contributed by atoms with van der Waals surface area (Å²) in [6, 6.07) is 7.53. The number of carbonyl (C=O) groups excluding carboxylic acids is 1. The fraction of sp³-hybridized carbons (Fsp3) is 0.533. The minimum absolute atomic E-state index is 0.121. The molecule has 0 aromatic heterocycles. The van der Waals surface area contributed by atoms with Gasteiger partial charge in [-0.25, -0.2) is 4.79 Å². The number of nitrogens with one attached hydrogen (secondary N) is 4. The van der Waals surface area contributed by atoms with Crippen LogP contribution in [-0.2, 0) is 4.74 Å². The Bertz CT molecular complexity index is 479. The zero-order chi connectivity index (χ0) is 15.9. The Morgan fingerprint density at radius 3 is 2.82 bits per heavy atom. The highest BCUT2D eigenvalue weighted by Crippen LogP contribution is 2.11. The molecule has 22 heavy (non-hydrogen) atoms. The number of anilines is 1. The summed E-state index contributed by atoms with van der Waals surface area (Å²) in [5.74, 6) is 0. The number of hydrogen-bond acceptors (Lipinski definition) is 5. The molecule has 0 radical (unpaired) electrons. The molecule has 6 N–H and O–H groups in total. The highest BCUT2D eigenvalue weighted by molar-refractivity contribution is 5.89. The summed E-state index contributed by atoms with van der Waals surface area (Å²) in [5, 5.41) is 11.9. The predicted octanol–water partition coefficient (Wildman–Crippen LogP) is 0.673. The first kappa shape index (κ1) is 16.7. The van der Waals surface area contributed by atoms with Gasteiger partial charge in [-0.2, -0.15) is 0 Å². The number of benzene rings is 1. The van der Waals surface area contributed by atoms with E-state index in [0.29, 0.717) is 13.1 Å². The van der Waals surface area contributed by atoms with Gasteiger partial charge in [0.2, 0.25) is 0 Å². The van der Waals surface area contributed by atoms with Crippen LogP contribution in [0.25, 0.3) is 0 Å². The summed E-state index contributed by atoms with van der Waals surface area (Å²) in [6.45, 7) is 5.28. The fourth-order valence-corrected chi connectivity index (χ4v) is 2.28. The van der Waals surface area contributed by atoms with Crippen molar-refractivity contribution in [2.24, 2.45) is 5.73 Å². The van der Waals surface area contributed by atoms with E-state index in [0.717, 1.165) is 17.7 Å². The standard InChI is InChI=1S/C15H25N5O2/c1-10-3-5-12(6-4-10)19-14(21)20-15-18-11(2)9-13(22-15)17-8-7-16/h3-6,11,13,15,17-18H,7-9,16H2,1-2H3,(H2,19,20,21). The highest BCUT2D eigenvalue weighted by Gasteiger charge is 2.26. The van der Waals surface area contributed by atoms with E-state index in [1.165, 1.54) is 0 Å². The van der Waals surface area contributed by atoms with Gasteiger partial charge in [0, 0.05) is 31.2 Å². The molecule has 1 aromatic carbocycles. The Balaban J connectivity index is 1.83. The molecular formula is C15H25N5O2. The minimum atomic E-state index is -0.538. The molecule has 1 heterocycles. The molecule has 1 saturated heterocycles. The van der Waals surface area contributed by atoms with E-state index >= 15 is 0 Å². The molecule has 7 heteroatoms. The van der Waals surface area contributed by atoms with Crippen LogP contribution in [0.4, 0.5) is 10.5 Å². The van der Waals surface area contributed by atoms with Gasteiger partial charge in [-0.3, -0.25) is 16.0 Å². The van der Waals surface area contributed by atoms with Crippen LogP contribution in [0.15, 0.2) is 24.3 Å². The van der Waals surface area contributed by atoms with Gasteiger partial charge in [-0.15, -0.1) is 0 Å². The third-order valence-electron chi connectivity index (χ3n) is 3.39. The van der Waals surface area contributed by atoms with Crippen molar-refractivity contribution in [2.45, 2.75) is 38.9 Å². The summed E-state index contributed by atoms with van der Waals surface area (Å²) in [4.78, 5) is 12.0. The number of aryl methyl sites for hydroxylation is 1. The van der Waals surface area contributed by atoms with Gasteiger partial charge < -0.3 is 15.8 Å². The van der Waals surface area contributed by atoms with Gasteiger partial charge in [0.05, 0.1) is 0 Å². The van der Waals surface area contributed by atoms with Gasteiger partial charge in [0.1, 0.15) is 6.23 Å². The van der Waals surface area contributed by atoms with Crippen LogP contribution in [0.3, 0.4) is 0 Å². The van der Waals surface area contributed by atoms with Crippen LogP contribution >= 0.6 is 0 Å². The number of nitrogens with two attached hydrogens (primary N) is 1. The lowest BCUT2D eigenvalue weighted by molar-refractivity contribution is -0.0974. The lowest BCUT2D eigenvalue weighted by Crippen LogP contribution is -2.60. The highest BCUT2D eigenvalue weighted by atomic mass is 16.5. The van der Waals surface area contributed by atoms with Crippen LogP contribution in [0, 0.1) is 6.92 Å². The van der Waals surface area contributed by atoms with E-state index in [-0.39, 0.29) is 18.3 Å². The fourth-order valence-electron chi connectivity index (χ4n) is 2.28. The summed E-state index contributed by atoms with van der Waals surface area (Å²) in [6.07, 6.45) is 0.159. The van der Waals surface area contributed by atoms with Crippen molar-refractivity contribution >= 4 is 11.7 Å². The molecule has 0 spiro atoms. The monoisotopic (exact) mass is 307 g/mol. The van der Waals surface area contributed by atoms with Crippen molar-refractivity contribution in [2.75, 3.05) is 18.4 Å². The molecular weight excluding hydrogens is 282 g/mol. The van der Waals surface area contributed by atoms with Crippen molar-refractivity contribution in [3.63, 3.8) is 0 Å². The second kappa shape index (κ2) is 8.09. The van der Waals surface area contributed by atoms with Gasteiger partial charge in [-0.05, 0) is 26.0 Å². The summed E-state index contributed by atoms with van der Waals surface area (Å²) < 4.78 is 5.74. The Labute approximate surface area is 131 Å². The van der Waals surface area contributed by atoms with Crippen molar-refractivity contribution in [1.29, 1.82) is 0 Å². The lowest BCUT2D eigenvalue weighted by Gasteiger charge is -2.35. The number of amides is 2. The maximum absolute atomic E-state index is 12.0. The Hall–Kier alpha value is -1.67. The minimum Gasteiger partial charge on any atom is -0.329 e. The topological polar surface area (TPSA) is 100 Å². The molecule has 1 aliphatic heterocycles. The van der Waals surface area contributed by atoms with Gasteiger partial charge in [0.15, 0.2) is 6.35 Å². The van der Waals surface area contributed by atoms with E-state index in [9.17, 15) is 4.79 Å². The number of hydrogen-bond donors (Lipinski definition) is 5. The molecule has 2 rings (SSSR count). The zero-order valence-corrected chi connectivity index (χ0v) is 13.1. The average Bonchev–Trinajstić information content (AvgIpc) is 2.47. The third-order valence-corrected chi connectivity index (χ3v) is 3.39. The SMILES string of the molecule is Cc1ccc(NC(=O)NC2NC(C)CC(NCCN)O2)cc1. The Morgan fingerprint density at radius 2 is 2.14 bits per heavy atom. The van der Waals surface area contributed by atoms with E-state index < -0.39 is 6.35 Å². The first-order valence-electron chi connectivity index (χ1n) is 7.56. The van der Waals surface area contributed by atoms with Gasteiger partial charge in [0.25, 0.3) is 0 Å². The number of rotatable bonds is 5. The number of ether oxygens (including phenoxy) is 1. The van der Waals surface area contributed by atoms with Crippen LogP contribution in [0.2, 0.25) is 0 Å². The summed E-state index contributed by atoms with van der Waals surface area (Å²) in [5.41, 5.74) is 7.36.